The summed E-state index contributed by atoms with van der Waals surface area (Å²) in [5.41, 5.74) is 1.06. The molecular weight excluding hydrogens is 227 g/mol. The van der Waals surface area contributed by atoms with Gasteiger partial charge in [-0.25, -0.2) is 9.18 Å². The van der Waals surface area contributed by atoms with E-state index in [-0.39, 0.29) is 11.7 Å². The Morgan fingerprint density at radius 1 is 1.53 bits per heavy atom. The molecule has 0 bridgehead atoms. The number of carboxylic acid groups (broad SMARTS) is 1. The molecule has 2 rings (SSSR count). The lowest BCUT2D eigenvalue weighted by Gasteiger charge is -2.05. The van der Waals surface area contributed by atoms with Crippen molar-refractivity contribution in [3.8, 4) is 0 Å². The van der Waals surface area contributed by atoms with E-state index in [0.29, 0.717) is 5.69 Å². The van der Waals surface area contributed by atoms with Gasteiger partial charge in [0, 0.05) is 5.69 Å². The minimum absolute atomic E-state index is 0.0103. The summed E-state index contributed by atoms with van der Waals surface area (Å²) in [7, 11) is 0. The minimum atomic E-state index is -1.18. The molecule has 1 heterocycles. The van der Waals surface area contributed by atoms with Gasteiger partial charge in [-0.05, 0) is 24.6 Å². The highest BCUT2D eigenvalue weighted by atomic mass is 19.1. The van der Waals surface area contributed by atoms with Gasteiger partial charge >= 0.3 is 5.97 Å². The largest absolute Gasteiger partial charge is 0.476 e. The number of oxazole rings is 1. The van der Waals surface area contributed by atoms with Gasteiger partial charge in [-0.2, -0.15) is 4.98 Å². The molecule has 2 N–H and O–H groups in total. The van der Waals surface area contributed by atoms with E-state index in [0.717, 1.165) is 11.8 Å². The Morgan fingerprint density at radius 2 is 2.29 bits per heavy atom. The summed E-state index contributed by atoms with van der Waals surface area (Å²) in [6.07, 6.45) is 1.01. The number of carboxylic acids is 1. The maximum absolute atomic E-state index is 13.0. The van der Waals surface area contributed by atoms with Crippen LogP contribution in [0.5, 0.6) is 0 Å². The molecule has 5 nitrogen and oxygen atoms in total. The fourth-order valence-corrected chi connectivity index (χ4v) is 1.27. The number of nitrogens with one attached hydrogen (secondary N) is 1. The number of nitrogens with zero attached hydrogens (tertiary/aromatic N) is 1. The molecule has 17 heavy (non-hydrogen) atoms. The Hall–Kier alpha value is -2.37. The summed E-state index contributed by atoms with van der Waals surface area (Å²) in [5.74, 6) is -1.58. The van der Waals surface area contributed by atoms with Gasteiger partial charge in [-0.15, -0.1) is 0 Å². The number of rotatable bonds is 3. The maximum atomic E-state index is 13.0. The number of hydrogen-bond donors (Lipinski definition) is 2. The van der Waals surface area contributed by atoms with Crippen LogP contribution < -0.4 is 5.32 Å². The van der Waals surface area contributed by atoms with Crippen LogP contribution in [0.25, 0.3) is 0 Å². The van der Waals surface area contributed by atoms with Crippen molar-refractivity contribution in [1.29, 1.82) is 0 Å². The lowest BCUT2D eigenvalue weighted by Crippen LogP contribution is -1.98. The summed E-state index contributed by atoms with van der Waals surface area (Å²) < 4.78 is 17.9. The Labute approximate surface area is 95.9 Å². The van der Waals surface area contributed by atoms with Crippen LogP contribution in [-0.2, 0) is 0 Å². The third-order valence-electron chi connectivity index (χ3n) is 2.16. The fraction of sp³-hybridized carbons (Fsp3) is 0.0909. The third kappa shape index (κ3) is 2.41. The van der Waals surface area contributed by atoms with E-state index in [1.54, 1.807) is 13.0 Å². The van der Waals surface area contributed by atoms with Gasteiger partial charge in [0.15, 0.2) is 5.69 Å². The first-order valence-electron chi connectivity index (χ1n) is 4.78. The lowest BCUT2D eigenvalue weighted by atomic mass is 10.2. The Morgan fingerprint density at radius 3 is 2.94 bits per heavy atom. The van der Waals surface area contributed by atoms with Gasteiger partial charge in [0.25, 0.3) is 6.01 Å². The zero-order valence-electron chi connectivity index (χ0n) is 8.90. The highest BCUT2D eigenvalue weighted by Gasteiger charge is 2.11. The molecule has 0 aliphatic carbocycles. The monoisotopic (exact) mass is 236 g/mol. The topological polar surface area (TPSA) is 75.4 Å². The zero-order valence-corrected chi connectivity index (χ0v) is 8.90. The molecule has 88 valence electrons. The molecule has 6 heteroatoms. The predicted octanol–water partition coefficient (Wildman–Crippen LogP) is 2.56. The van der Waals surface area contributed by atoms with Gasteiger partial charge in [0.05, 0.1) is 0 Å². The number of anilines is 2. The van der Waals surface area contributed by atoms with Crippen LogP contribution in [-0.4, -0.2) is 16.1 Å². The Balaban J connectivity index is 2.25. The highest BCUT2D eigenvalue weighted by molar-refractivity contribution is 5.85. The molecular formula is C11H9FN2O3. The van der Waals surface area contributed by atoms with Crippen molar-refractivity contribution in [2.45, 2.75) is 6.92 Å². The van der Waals surface area contributed by atoms with Crippen molar-refractivity contribution < 1.29 is 18.7 Å². The number of benzene rings is 1. The Bertz CT molecular complexity index is 566. The minimum Gasteiger partial charge on any atom is -0.476 e. The summed E-state index contributed by atoms with van der Waals surface area (Å²) in [6.45, 7) is 1.78. The van der Waals surface area contributed by atoms with Crippen molar-refractivity contribution in [3.05, 3.63) is 41.5 Å². The molecule has 2 aromatic rings. The molecule has 1 aromatic carbocycles. The second-order valence-corrected chi connectivity index (χ2v) is 3.43. The first-order chi connectivity index (χ1) is 8.06. The number of aromatic carboxylic acids is 1. The molecule has 1 aromatic heterocycles. The summed E-state index contributed by atoms with van der Waals surface area (Å²) >= 11 is 0. The summed E-state index contributed by atoms with van der Waals surface area (Å²) in [5, 5.41) is 11.4. The number of halogens is 1. The first kappa shape index (κ1) is 11.1. The van der Waals surface area contributed by atoms with E-state index in [4.69, 9.17) is 9.52 Å². The number of carbonyl (C=O) groups is 1. The van der Waals surface area contributed by atoms with Crippen LogP contribution >= 0.6 is 0 Å². The van der Waals surface area contributed by atoms with Crippen LogP contribution in [0.1, 0.15) is 16.1 Å². The smallest absolute Gasteiger partial charge is 0.357 e. The van der Waals surface area contributed by atoms with Gasteiger partial charge in [-0.3, -0.25) is 0 Å². The number of hydrogen-bond acceptors (Lipinski definition) is 4. The van der Waals surface area contributed by atoms with Crippen LogP contribution in [0.15, 0.2) is 28.9 Å². The van der Waals surface area contributed by atoms with Crippen molar-refractivity contribution in [3.63, 3.8) is 0 Å². The van der Waals surface area contributed by atoms with Crippen LogP contribution in [0.4, 0.5) is 16.1 Å². The molecule has 0 fully saturated rings. The first-order valence-corrected chi connectivity index (χ1v) is 4.78. The second-order valence-electron chi connectivity index (χ2n) is 3.43. The molecule has 0 aliphatic rings. The molecule has 0 unspecified atom stereocenters. The molecule has 0 spiro atoms. The normalized spacial score (nSPS) is 10.2. The molecule has 0 atom stereocenters. The van der Waals surface area contributed by atoms with Crippen LogP contribution in [0.3, 0.4) is 0 Å². The van der Waals surface area contributed by atoms with Gasteiger partial charge in [-0.1, -0.05) is 6.07 Å². The van der Waals surface area contributed by atoms with E-state index in [2.05, 4.69) is 10.3 Å². The molecule has 0 aliphatic heterocycles. The lowest BCUT2D eigenvalue weighted by molar-refractivity contribution is 0.0690. The molecule has 0 radical (unpaired) electrons. The predicted molar refractivity (Wildman–Crippen MR) is 57.9 cm³/mol. The van der Waals surface area contributed by atoms with Crippen molar-refractivity contribution in [2.75, 3.05) is 5.32 Å². The number of aromatic nitrogens is 1. The van der Waals surface area contributed by atoms with E-state index >= 15 is 0 Å². The zero-order chi connectivity index (χ0) is 12.4. The maximum Gasteiger partial charge on any atom is 0.357 e. The van der Waals surface area contributed by atoms with Gasteiger partial charge in [0.1, 0.15) is 12.1 Å². The quantitative estimate of drug-likeness (QED) is 0.856. The second kappa shape index (κ2) is 4.25. The van der Waals surface area contributed by atoms with E-state index < -0.39 is 11.8 Å². The highest BCUT2D eigenvalue weighted by Crippen LogP contribution is 2.20. The van der Waals surface area contributed by atoms with Crippen molar-refractivity contribution >= 4 is 17.7 Å². The SMILES string of the molecule is Cc1ccc(F)cc1Nc1nc(C(=O)O)co1. The van der Waals surface area contributed by atoms with E-state index in [1.807, 2.05) is 0 Å². The van der Waals surface area contributed by atoms with Crippen LogP contribution in [0, 0.1) is 12.7 Å². The van der Waals surface area contributed by atoms with E-state index in [1.165, 1.54) is 12.1 Å². The summed E-state index contributed by atoms with van der Waals surface area (Å²) in [4.78, 5) is 14.3. The molecule has 0 saturated carbocycles. The van der Waals surface area contributed by atoms with Gasteiger partial charge in [0.2, 0.25) is 0 Å². The average Bonchev–Trinajstić information content (AvgIpc) is 2.72. The fourth-order valence-electron chi connectivity index (χ4n) is 1.27. The third-order valence-corrected chi connectivity index (χ3v) is 2.16. The van der Waals surface area contributed by atoms with Crippen LogP contribution in [0.2, 0.25) is 0 Å². The average molecular weight is 236 g/mol. The van der Waals surface area contributed by atoms with Crippen molar-refractivity contribution in [2.24, 2.45) is 0 Å². The molecule has 0 saturated heterocycles. The molecule has 0 amide bonds. The van der Waals surface area contributed by atoms with Crippen molar-refractivity contribution in [1.82, 2.24) is 4.98 Å². The summed E-state index contributed by atoms with van der Waals surface area (Å²) in [6, 6.07) is 4.22. The standard InChI is InChI=1S/C11H9FN2O3/c1-6-2-3-7(12)4-8(6)13-11-14-9(5-17-11)10(15)16/h2-5H,1H3,(H,13,14)(H,15,16). The Kier molecular flexibility index (Phi) is 2.78. The van der Waals surface area contributed by atoms with E-state index in [9.17, 15) is 9.18 Å². The van der Waals surface area contributed by atoms with Gasteiger partial charge < -0.3 is 14.8 Å². The number of aryl methyl sites for hydroxylation is 1.